The first-order valence-corrected chi connectivity index (χ1v) is 5.70. The maximum absolute atomic E-state index is 13.9. The highest BCUT2D eigenvalue weighted by Gasteiger charge is 2.18. The van der Waals surface area contributed by atoms with Gasteiger partial charge in [0.15, 0.2) is 11.6 Å². The summed E-state index contributed by atoms with van der Waals surface area (Å²) in [5.74, 6) is 3.00. The van der Waals surface area contributed by atoms with Gasteiger partial charge in [-0.2, -0.15) is 0 Å². The van der Waals surface area contributed by atoms with E-state index in [0.29, 0.717) is 5.56 Å². The summed E-state index contributed by atoms with van der Waals surface area (Å²) in [4.78, 5) is 0. The van der Waals surface area contributed by atoms with E-state index in [1.165, 1.54) is 12.1 Å². The second kappa shape index (κ2) is 5.42. The predicted molar refractivity (Wildman–Crippen MR) is 66.7 cm³/mol. The van der Waals surface area contributed by atoms with E-state index in [9.17, 15) is 13.2 Å². The van der Waals surface area contributed by atoms with E-state index in [1.807, 2.05) is 0 Å². The average molecular weight is 266 g/mol. The molecule has 2 nitrogen and oxygen atoms in total. The van der Waals surface area contributed by atoms with Gasteiger partial charge in [0.2, 0.25) is 0 Å². The third-order valence-corrected chi connectivity index (χ3v) is 2.91. The zero-order valence-electron chi connectivity index (χ0n) is 10.3. The summed E-state index contributed by atoms with van der Waals surface area (Å²) < 4.78 is 40.0. The first kappa shape index (κ1) is 13.6. The van der Waals surface area contributed by atoms with E-state index in [0.717, 1.165) is 17.7 Å². The molecule has 100 valence electrons. The van der Waals surface area contributed by atoms with Crippen molar-refractivity contribution in [2.45, 2.75) is 13.0 Å². The molecule has 1 unspecified atom stereocenters. The second-order valence-electron chi connectivity index (χ2n) is 4.30. The van der Waals surface area contributed by atoms with Gasteiger partial charge < -0.3 is 0 Å². The normalized spacial score (nSPS) is 12.5. The molecule has 2 aromatic carbocycles. The minimum absolute atomic E-state index is 0.277. The van der Waals surface area contributed by atoms with Crippen molar-refractivity contribution in [3.05, 3.63) is 70.5 Å². The summed E-state index contributed by atoms with van der Waals surface area (Å²) in [5, 5.41) is 0. The topological polar surface area (TPSA) is 38.0 Å². The van der Waals surface area contributed by atoms with Crippen LogP contribution in [0.1, 0.15) is 22.7 Å². The van der Waals surface area contributed by atoms with Crippen LogP contribution in [-0.4, -0.2) is 0 Å². The molecule has 0 saturated carbocycles. The van der Waals surface area contributed by atoms with Crippen molar-refractivity contribution < 1.29 is 13.2 Å². The fourth-order valence-corrected chi connectivity index (χ4v) is 1.92. The quantitative estimate of drug-likeness (QED) is 0.662. The Bertz CT molecular complexity index is 599. The Kier molecular flexibility index (Phi) is 3.87. The van der Waals surface area contributed by atoms with Crippen LogP contribution < -0.4 is 11.3 Å². The van der Waals surface area contributed by atoms with Gasteiger partial charge in [-0.1, -0.05) is 18.2 Å². The fraction of sp³-hybridized carbons (Fsp3) is 0.143. The van der Waals surface area contributed by atoms with Crippen molar-refractivity contribution in [1.29, 1.82) is 0 Å². The van der Waals surface area contributed by atoms with Crippen LogP contribution in [0.15, 0.2) is 36.4 Å². The molecule has 0 amide bonds. The number of benzene rings is 2. The smallest absolute Gasteiger partial charge is 0.159 e. The third kappa shape index (κ3) is 2.77. The molecule has 0 aliphatic carbocycles. The van der Waals surface area contributed by atoms with Crippen molar-refractivity contribution in [3.8, 4) is 0 Å². The molecule has 0 spiro atoms. The van der Waals surface area contributed by atoms with Crippen molar-refractivity contribution in [1.82, 2.24) is 5.43 Å². The zero-order valence-corrected chi connectivity index (χ0v) is 10.3. The number of hydrazine groups is 1. The predicted octanol–water partition coefficient (Wildman–Crippen LogP) is 2.97. The Morgan fingerprint density at radius 1 is 0.947 bits per heavy atom. The van der Waals surface area contributed by atoms with Crippen molar-refractivity contribution in [3.63, 3.8) is 0 Å². The first-order chi connectivity index (χ1) is 9.02. The molecule has 3 N–H and O–H groups in total. The summed E-state index contributed by atoms with van der Waals surface area (Å²) in [7, 11) is 0. The number of hydrogen-bond donors (Lipinski definition) is 2. The van der Waals surface area contributed by atoms with E-state index in [-0.39, 0.29) is 5.56 Å². The van der Waals surface area contributed by atoms with Crippen LogP contribution in [0.5, 0.6) is 0 Å². The van der Waals surface area contributed by atoms with E-state index >= 15 is 0 Å². The summed E-state index contributed by atoms with van der Waals surface area (Å²) >= 11 is 0. The van der Waals surface area contributed by atoms with E-state index in [4.69, 9.17) is 5.84 Å². The maximum Gasteiger partial charge on any atom is 0.159 e. The van der Waals surface area contributed by atoms with Gasteiger partial charge in [0.25, 0.3) is 0 Å². The Morgan fingerprint density at radius 3 is 2.26 bits per heavy atom. The Balaban J connectivity index is 2.46. The zero-order chi connectivity index (χ0) is 14.0. The summed E-state index contributed by atoms with van der Waals surface area (Å²) in [6.07, 6.45) is 0. The lowest BCUT2D eigenvalue weighted by atomic mass is 9.97. The standard InChI is InChI=1S/C14H13F3N2/c1-8-2-4-10(12(16)6-8)14(19-18)9-3-5-11(15)13(17)7-9/h2-7,14,19H,18H2,1H3. The van der Waals surface area contributed by atoms with Crippen molar-refractivity contribution in [2.24, 2.45) is 5.84 Å². The molecule has 1 atom stereocenters. The summed E-state index contributed by atoms with van der Waals surface area (Å²) in [6.45, 7) is 1.76. The minimum Gasteiger partial charge on any atom is -0.271 e. The van der Waals surface area contributed by atoms with Gasteiger partial charge in [-0.05, 0) is 36.2 Å². The van der Waals surface area contributed by atoms with Crippen LogP contribution in [0.2, 0.25) is 0 Å². The van der Waals surface area contributed by atoms with Gasteiger partial charge in [-0.15, -0.1) is 0 Å². The minimum atomic E-state index is -0.995. The molecule has 0 fully saturated rings. The molecule has 2 rings (SSSR count). The monoisotopic (exact) mass is 266 g/mol. The Morgan fingerprint density at radius 2 is 1.68 bits per heavy atom. The summed E-state index contributed by atoms with van der Waals surface area (Å²) in [6, 6.07) is 7.26. The molecule has 0 aliphatic rings. The van der Waals surface area contributed by atoms with Crippen LogP contribution in [0.3, 0.4) is 0 Å². The molecule has 0 saturated heterocycles. The van der Waals surface area contributed by atoms with Crippen molar-refractivity contribution in [2.75, 3.05) is 0 Å². The SMILES string of the molecule is Cc1ccc(C(NN)c2ccc(F)c(F)c2)c(F)c1. The largest absolute Gasteiger partial charge is 0.271 e. The number of aryl methyl sites for hydroxylation is 1. The molecule has 0 radical (unpaired) electrons. The molecule has 0 bridgehead atoms. The highest BCUT2D eigenvalue weighted by atomic mass is 19.2. The summed E-state index contributed by atoms with van der Waals surface area (Å²) in [5.41, 5.74) is 3.81. The lowest BCUT2D eigenvalue weighted by Crippen LogP contribution is -2.29. The van der Waals surface area contributed by atoms with Gasteiger partial charge in [0.1, 0.15) is 5.82 Å². The second-order valence-corrected chi connectivity index (χ2v) is 4.30. The molecule has 5 heteroatoms. The van der Waals surface area contributed by atoms with E-state index in [2.05, 4.69) is 5.43 Å². The highest BCUT2D eigenvalue weighted by Crippen LogP contribution is 2.25. The molecule has 0 heterocycles. The molecule has 19 heavy (non-hydrogen) atoms. The van der Waals surface area contributed by atoms with Crippen molar-refractivity contribution >= 4 is 0 Å². The number of halogens is 3. The van der Waals surface area contributed by atoms with Gasteiger partial charge >= 0.3 is 0 Å². The van der Waals surface area contributed by atoms with Crippen LogP contribution >= 0.6 is 0 Å². The Labute approximate surface area is 109 Å². The van der Waals surface area contributed by atoms with Crippen LogP contribution in [0, 0.1) is 24.4 Å². The van der Waals surface area contributed by atoms with Crippen LogP contribution in [0.4, 0.5) is 13.2 Å². The molecule has 0 aliphatic heterocycles. The van der Waals surface area contributed by atoms with Gasteiger partial charge in [0, 0.05) is 5.56 Å². The van der Waals surface area contributed by atoms with Gasteiger partial charge in [-0.3, -0.25) is 5.84 Å². The number of hydrogen-bond acceptors (Lipinski definition) is 2. The molecular formula is C14H13F3N2. The number of rotatable bonds is 3. The fourth-order valence-electron chi connectivity index (χ4n) is 1.92. The lowest BCUT2D eigenvalue weighted by Gasteiger charge is -2.18. The Hall–Kier alpha value is -1.85. The van der Waals surface area contributed by atoms with E-state index in [1.54, 1.807) is 19.1 Å². The lowest BCUT2D eigenvalue weighted by molar-refractivity contribution is 0.502. The molecule has 2 aromatic rings. The van der Waals surface area contributed by atoms with Gasteiger partial charge in [0.05, 0.1) is 6.04 Å². The van der Waals surface area contributed by atoms with Crippen LogP contribution in [-0.2, 0) is 0 Å². The van der Waals surface area contributed by atoms with Crippen LogP contribution in [0.25, 0.3) is 0 Å². The number of nitrogens with one attached hydrogen (secondary N) is 1. The number of nitrogens with two attached hydrogens (primary N) is 1. The van der Waals surface area contributed by atoms with E-state index < -0.39 is 23.5 Å². The third-order valence-electron chi connectivity index (χ3n) is 2.91. The highest BCUT2D eigenvalue weighted by molar-refractivity contribution is 5.34. The maximum atomic E-state index is 13.9. The molecular weight excluding hydrogens is 253 g/mol. The molecule has 0 aromatic heterocycles. The van der Waals surface area contributed by atoms with Gasteiger partial charge in [-0.25, -0.2) is 18.6 Å². The first-order valence-electron chi connectivity index (χ1n) is 5.70. The average Bonchev–Trinajstić information content (AvgIpc) is 2.37.